The summed E-state index contributed by atoms with van der Waals surface area (Å²) in [5, 5.41) is 12.4. The average Bonchev–Trinajstić information content (AvgIpc) is 3.49. The van der Waals surface area contributed by atoms with Gasteiger partial charge in [0.25, 0.3) is 0 Å². The highest BCUT2D eigenvalue weighted by molar-refractivity contribution is 7.99. The van der Waals surface area contributed by atoms with E-state index in [1.54, 1.807) is 7.11 Å². The fourth-order valence-electron chi connectivity index (χ4n) is 2.97. The van der Waals surface area contributed by atoms with Crippen LogP contribution in [0.5, 0.6) is 5.75 Å². The number of benzene rings is 2. The number of ether oxygens (including phenoxy) is 1. The molecule has 1 aliphatic carbocycles. The smallest absolute Gasteiger partial charge is 0.234 e. The second-order valence-corrected chi connectivity index (χ2v) is 7.69. The fourth-order valence-corrected chi connectivity index (χ4v) is 3.71. The molecule has 6 nitrogen and oxygen atoms in total. The van der Waals surface area contributed by atoms with Crippen molar-refractivity contribution in [1.82, 2.24) is 14.8 Å². The lowest BCUT2D eigenvalue weighted by Crippen LogP contribution is -2.15. The summed E-state index contributed by atoms with van der Waals surface area (Å²) >= 11 is 1.42. The second kappa shape index (κ2) is 8.48. The van der Waals surface area contributed by atoms with Gasteiger partial charge < -0.3 is 14.6 Å². The molecule has 2 aromatic carbocycles. The highest BCUT2D eigenvalue weighted by atomic mass is 32.2. The van der Waals surface area contributed by atoms with Crippen molar-refractivity contribution in [2.24, 2.45) is 0 Å². The van der Waals surface area contributed by atoms with E-state index in [2.05, 4.69) is 32.2 Å². The molecule has 28 heavy (non-hydrogen) atoms. The summed E-state index contributed by atoms with van der Waals surface area (Å²) < 4.78 is 7.28. The van der Waals surface area contributed by atoms with Crippen LogP contribution in [0, 0.1) is 0 Å². The molecule has 0 aliphatic heterocycles. The molecule has 0 spiro atoms. The van der Waals surface area contributed by atoms with Gasteiger partial charge in [-0.2, -0.15) is 0 Å². The van der Waals surface area contributed by atoms with Crippen molar-refractivity contribution in [2.75, 3.05) is 18.2 Å². The van der Waals surface area contributed by atoms with E-state index in [0.717, 1.165) is 41.8 Å². The number of amides is 1. The number of rotatable bonds is 8. The van der Waals surface area contributed by atoms with Gasteiger partial charge in [0.05, 0.1) is 19.4 Å². The maximum Gasteiger partial charge on any atom is 0.234 e. The molecule has 1 heterocycles. The van der Waals surface area contributed by atoms with E-state index in [9.17, 15) is 4.79 Å². The number of methoxy groups -OCH3 is 1. The Balaban J connectivity index is 1.41. The Kier molecular flexibility index (Phi) is 5.62. The fraction of sp³-hybridized carbons (Fsp3) is 0.286. The molecule has 1 amide bonds. The zero-order chi connectivity index (χ0) is 19.3. The standard InChI is InChI=1S/C21H22N4O2S/c1-27-18-11-9-17(10-12-18)22-19(26)14-28-21-24-23-20(16-7-8-16)25(21)13-15-5-3-2-4-6-15/h2-6,9-12,16H,7-8,13-14H2,1H3,(H,22,26). The van der Waals surface area contributed by atoms with Gasteiger partial charge in [-0.3, -0.25) is 4.79 Å². The Morgan fingerprint density at radius 3 is 2.57 bits per heavy atom. The van der Waals surface area contributed by atoms with E-state index in [4.69, 9.17) is 4.74 Å². The van der Waals surface area contributed by atoms with Gasteiger partial charge in [-0.15, -0.1) is 10.2 Å². The van der Waals surface area contributed by atoms with Gasteiger partial charge in [0.2, 0.25) is 5.91 Å². The molecular formula is C21H22N4O2S. The van der Waals surface area contributed by atoms with Crippen LogP contribution in [-0.2, 0) is 11.3 Å². The predicted octanol–water partition coefficient (Wildman–Crippen LogP) is 3.94. The quantitative estimate of drug-likeness (QED) is 0.586. The molecule has 4 rings (SSSR count). The van der Waals surface area contributed by atoms with Gasteiger partial charge in [0.15, 0.2) is 5.16 Å². The third-order valence-corrected chi connectivity index (χ3v) is 5.54. The van der Waals surface area contributed by atoms with Gasteiger partial charge in [-0.25, -0.2) is 0 Å². The van der Waals surface area contributed by atoms with E-state index in [1.807, 2.05) is 42.5 Å². The first kappa shape index (κ1) is 18.6. The van der Waals surface area contributed by atoms with E-state index < -0.39 is 0 Å². The number of hydrogen-bond acceptors (Lipinski definition) is 5. The van der Waals surface area contributed by atoms with Crippen LogP contribution in [0.15, 0.2) is 59.8 Å². The number of aromatic nitrogens is 3. The first-order valence-corrected chi connectivity index (χ1v) is 10.2. The Morgan fingerprint density at radius 2 is 1.89 bits per heavy atom. The zero-order valence-electron chi connectivity index (χ0n) is 15.7. The average molecular weight is 395 g/mol. The topological polar surface area (TPSA) is 69.0 Å². The number of thioether (sulfide) groups is 1. The van der Waals surface area contributed by atoms with Crippen molar-refractivity contribution in [3.63, 3.8) is 0 Å². The summed E-state index contributed by atoms with van der Waals surface area (Å²) in [5.41, 5.74) is 1.95. The van der Waals surface area contributed by atoms with Crippen LogP contribution < -0.4 is 10.1 Å². The molecular weight excluding hydrogens is 372 g/mol. The van der Waals surface area contributed by atoms with E-state index in [-0.39, 0.29) is 11.7 Å². The molecule has 3 aromatic rings. The molecule has 0 radical (unpaired) electrons. The first-order chi connectivity index (χ1) is 13.7. The molecule has 1 N–H and O–H groups in total. The number of anilines is 1. The van der Waals surface area contributed by atoms with Crippen molar-refractivity contribution < 1.29 is 9.53 Å². The van der Waals surface area contributed by atoms with E-state index in [0.29, 0.717) is 5.92 Å². The van der Waals surface area contributed by atoms with E-state index >= 15 is 0 Å². The number of carbonyl (C=O) groups is 1. The highest BCUT2D eigenvalue weighted by Gasteiger charge is 2.30. The lowest BCUT2D eigenvalue weighted by molar-refractivity contribution is -0.113. The summed E-state index contributed by atoms with van der Waals surface area (Å²) in [6.45, 7) is 0.724. The molecule has 1 aliphatic rings. The van der Waals surface area contributed by atoms with Gasteiger partial charge in [-0.05, 0) is 42.7 Å². The summed E-state index contributed by atoms with van der Waals surface area (Å²) in [6, 6.07) is 17.6. The molecule has 1 fully saturated rings. The Hall–Kier alpha value is -2.80. The van der Waals surface area contributed by atoms with Gasteiger partial charge in [0, 0.05) is 11.6 Å². The SMILES string of the molecule is COc1ccc(NC(=O)CSc2nnc(C3CC3)n2Cc2ccccc2)cc1. The van der Waals surface area contributed by atoms with E-state index in [1.165, 1.54) is 17.3 Å². The minimum absolute atomic E-state index is 0.0719. The maximum atomic E-state index is 12.3. The Bertz CT molecular complexity index is 937. The summed E-state index contributed by atoms with van der Waals surface area (Å²) in [6.07, 6.45) is 2.32. The zero-order valence-corrected chi connectivity index (χ0v) is 16.5. The lowest BCUT2D eigenvalue weighted by atomic mass is 10.2. The lowest BCUT2D eigenvalue weighted by Gasteiger charge is -2.10. The number of carbonyl (C=O) groups excluding carboxylic acids is 1. The molecule has 1 aromatic heterocycles. The molecule has 0 atom stereocenters. The number of hydrogen-bond donors (Lipinski definition) is 1. The minimum atomic E-state index is -0.0719. The normalized spacial score (nSPS) is 13.3. The highest BCUT2D eigenvalue weighted by Crippen LogP contribution is 2.40. The summed E-state index contributed by atoms with van der Waals surface area (Å²) in [4.78, 5) is 12.3. The largest absolute Gasteiger partial charge is 0.497 e. The van der Waals surface area contributed by atoms with Crippen LogP contribution >= 0.6 is 11.8 Å². The minimum Gasteiger partial charge on any atom is -0.497 e. The van der Waals surface area contributed by atoms with Gasteiger partial charge in [0.1, 0.15) is 11.6 Å². The summed E-state index contributed by atoms with van der Waals surface area (Å²) in [5.74, 6) is 2.50. The monoisotopic (exact) mass is 394 g/mol. The molecule has 0 unspecified atom stereocenters. The van der Waals surface area contributed by atoms with Crippen molar-refractivity contribution in [2.45, 2.75) is 30.5 Å². The third-order valence-electron chi connectivity index (χ3n) is 4.58. The van der Waals surface area contributed by atoms with Crippen LogP contribution in [-0.4, -0.2) is 33.5 Å². The van der Waals surface area contributed by atoms with Crippen LogP contribution in [0.3, 0.4) is 0 Å². The number of nitrogens with zero attached hydrogens (tertiary/aromatic N) is 3. The van der Waals surface area contributed by atoms with Crippen LogP contribution in [0.25, 0.3) is 0 Å². The van der Waals surface area contributed by atoms with Crippen LogP contribution in [0.2, 0.25) is 0 Å². The third kappa shape index (κ3) is 4.54. The second-order valence-electron chi connectivity index (χ2n) is 6.75. The molecule has 7 heteroatoms. The Morgan fingerprint density at radius 1 is 1.14 bits per heavy atom. The molecule has 0 saturated heterocycles. The van der Waals surface area contributed by atoms with Crippen LogP contribution in [0.1, 0.15) is 30.1 Å². The Labute approximate surface area is 168 Å². The van der Waals surface area contributed by atoms with Crippen molar-refractivity contribution in [1.29, 1.82) is 0 Å². The molecule has 0 bridgehead atoms. The van der Waals surface area contributed by atoms with Crippen molar-refractivity contribution in [3.05, 3.63) is 66.0 Å². The maximum absolute atomic E-state index is 12.3. The van der Waals surface area contributed by atoms with Crippen molar-refractivity contribution >= 4 is 23.4 Å². The van der Waals surface area contributed by atoms with Crippen molar-refractivity contribution in [3.8, 4) is 5.75 Å². The molecule has 144 valence electrons. The first-order valence-electron chi connectivity index (χ1n) is 9.26. The molecule has 1 saturated carbocycles. The number of nitrogens with one attached hydrogen (secondary N) is 1. The predicted molar refractivity (Wildman–Crippen MR) is 110 cm³/mol. The van der Waals surface area contributed by atoms with Gasteiger partial charge in [-0.1, -0.05) is 42.1 Å². The van der Waals surface area contributed by atoms with Crippen LogP contribution in [0.4, 0.5) is 5.69 Å². The summed E-state index contributed by atoms with van der Waals surface area (Å²) in [7, 11) is 1.62. The van der Waals surface area contributed by atoms with Gasteiger partial charge >= 0.3 is 0 Å².